The van der Waals surface area contributed by atoms with Gasteiger partial charge in [-0.25, -0.2) is 0 Å². The predicted octanol–water partition coefficient (Wildman–Crippen LogP) is 8.36. The van der Waals surface area contributed by atoms with Crippen LogP contribution in [0.4, 0.5) is 0 Å². The number of unbranched alkanes of at least 4 members (excludes halogenated alkanes) is 2. The van der Waals surface area contributed by atoms with E-state index in [-0.39, 0.29) is 42.1 Å². The van der Waals surface area contributed by atoms with Crippen molar-refractivity contribution in [3.05, 3.63) is 102 Å². The number of aliphatic hydroxyl groups excluding tert-OH is 2. The zero-order chi connectivity index (χ0) is 36.5. The summed E-state index contributed by atoms with van der Waals surface area (Å²) in [5, 5.41) is 24.0. The Morgan fingerprint density at radius 3 is 2.44 bits per heavy atom. The number of hydrogen-bond acceptors (Lipinski definition) is 10. The molecule has 0 unspecified atom stereocenters. The molecule has 0 spiro atoms. The van der Waals surface area contributed by atoms with Gasteiger partial charge >= 0.3 is 0 Å². The highest BCUT2D eigenvalue weighted by atomic mass is 32.2. The molecule has 6 atom stereocenters. The topological polar surface area (TPSA) is 116 Å². The Hall–Kier alpha value is -4.09. The predicted molar refractivity (Wildman–Crippen MR) is 203 cm³/mol. The third kappa shape index (κ3) is 7.81. The molecule has 0 saturated heterocycles. The fourth-order valence-electron chi connectivity index (χ4n) is 8.27. The second kappa shape index (κ2) is 17.6. The van der Waals surface area contributed by atoms with E-state index in [1.54, 1.807) is 43.1 Å². The zero-order valence-corrected chi connectivity index (χ0v) is 30.8. The summed E-state index contributed by atoms with van der Waals surface area (Å²) in [6.45, 7) is 4.58. The fourth-order valence-corrected chi connectivity index (χ4v) is 9.58. The van der Waals surface area contributed by atoms with Crippen molar-refractivity contribution in [2.45, 2.75) is 66.8 Å². The van der Waals surface area contributed by atoms with Crippen LogP contribution in [0.15, 0.2) is 101 Å². The number of rotatable bonds is 18. The summed E-state index contributed by atoms with van der Waals surface area (Å²) in [6.07, 6.45) is 10.4. The van der Waals surface area contributed by atoms with Gasteiger partial charge < -0.3 is 34.0 Å². The quantitative estimate of drug-likeness (QED) is 0.0577. The van der Waals surface area contributed by atoms with Crippen LogP contribution in [0.5, 0.6) is 23.0 Å². The number of methoxy groups -OCH3 is 1. The molecule has 0 amide bonds. The van der Waals surface area contributed by atoms with E-state index >= 15 is 0 Å². The van der Waals surface area contributed by atoms with Crippen LogP contribution >= 0.6 is 11.8 Å². The van der Waals surface area contributed by atoms with Crippen molar-refractivity contribution in [2.75, 3.05) is 34.0 Å². The highest BCUT2D eigenvalue weighted by molar-refractivity contribution is 8.00. The highest BCUT2D eigenvalue weighted by Gasteiger charge is 2.64. The number of hydrogen-bond donors (Lipinski definition) is 2. The first-order valence-electron chi connectivity index (χ1n) is 18.1. The first kappa shape index (κ1) is 37.7. The summed E-state index contributed by atoms with van der Waals surface area (Å²) >= 11 is 1.72. The third-order valence-corrected chi connectivity index (χ3v) is 11.7. The molecule has 10 heteroatoms. The molecule has 276 valence electrons. The van der Waals surface area contributed by atoms with Gasteiger partial charge in [0.25, 0.3) is 0 Å². The van der Waals surface area contributed by atoms with Crippen LogP contribution in [-0.2, 0) is 9.57 Å². The number of oxime groups is 1. The molecule has 1 heterocycles. The number of benzene rings is 3. The Bertz CT molecular complexity index is 1740. The van der Waals surface area contributed by atoms with Crippen molar-refractivity contribution in [1.29, 1.82) is 0 Å². The Morgan fingerprint density at radius 2 is 1.73 bits per heavy atom. The first-order chi connectivity index (χ1) is 25.5. The molecule has 3 aromatic rings. The van der Waals surface area contributed by atoms with Crippen molar-refractivity contribution < 1.29 is 38.8 Å². The Labute approximate surface area is 310 Å². The van der Waals surface area contributed by atoms with Gasteiger partial charge in [-0.3, -0.25) is 4.79 Å². The minimum atomic E-state index is -1.08. The molecular formula is C42H49NO8S. The standard InChI is InChI=1S/C42H49NO8S/c1-4-22-49-42-39(52-32-13-6-5-7-14-32)26-36(43-48-3)34-24-28(12-8-10-20-44)33(15-9-11-21-45)40(41(34)42)35-25-31(17-19-38(35)51-42)50-30-16-18-37(47-2)29(23-30)27-46/h4-7,13-14,16-19,23-25,27-28,33,39-41,44-45H,1,8-12,15,20-22,26H2,2-3H3/t28-,33+,39-,40+,41+,42+/m0/s1. The van der Waals surface area contributed by atoms with E-state index in [0.29, 0.717) is 42.3 Å². The average molecular weight is 728 g/mol. The summed E-state index contributed by atoms with van der Waals surface area (Å²) in [7, 11) is 3.12. The molecular weight excluding hydrogens is 679 g/mol. The summed E-state index contributed by atoms with van der Waals surface area (Å²) < 4.78 is 26.0. The van der Waals surface area contributed by atoms with Gasteiger partial charge in [0.15, 0.2) is 6.29 Å². The molecule has 1 saturated carbocycles. The molecule has 3 aliphatic rings. The van der Waals surface area contributed by atoms with E-state index < -0.39 is 5.79 Å². The van der Waals surface area contributed by atoms with E-state index in [4.69, 9.17) is 23.8 Å². The number of carbonyl (C=O) groups is 1. The maximum atomic E-state index is 11.8. The van der Waals surface area contributed by atoms with Crippen molar-refractivity contribution >= 4 is 23.8 Å². The molecule has 0 bridgehead atoms. The van der Waals surface area contributed by atoms with E-state index in [1.165, 1.54) is 7.11 Å². The number of ether oxygens (including phenoxy) is 4. The van der Waals surface area contributed by atoms with Crippen LogP contribution in [0.2, 0.25) is 0 Å². The average Bonchev–Trinajstić information content (AvgIpc) is 3.17. The number of nitrogens with zero attached hydrogens (tertiary/aromatic N) is 1. The van der Waals surface area contributed by atoms with Crippen LogP contribution in [0.3, 0.4) is 0 Å². The number of aldehydes is 1. The lowest BCUT2D eigenvalue weighted by molar-refractivity contribution is -0.223. The molecule has 2 N–H and O–H groups in total. The third-order valence-electron chi connectivity index (χ3n) is 10.4. The second-order valence-electron chi connectivity index (χ2n) is 13.5. The molecule has 2 aliphatic carbocycles. The molecule has 1 fully saturated rings. The molecule has 0 radical (unpaired) electrons. The summed E-state index contributed by atoms with van der Waals surface area (Å²) in [6, 6.07) is 21.4. The van der Waals surface area contributed by atoms with Crippen molar-refractivity contribution in [3.63, 3.8) is 0 Å². The molecule has 6 rings (SSSR count). The Kier molecular flexibility index (Phi) is 12.8. The number of carbonyl (C=O) groups excluding carboxylic acids is 1. The number of allylic oxidation sites excluding steroid dienone is 1. The van der Waals surface area contributed by atoms with Crippen molar-refractivity contribution in [3.8, 4) is 23.0 Å². The SMILES string of the molecule is C=CCO[C@@]12Oc3ccc(Oc4ccc(OC)c(C=O)c4)cc3[C@H]3[C@H](CCCCO)[C@@H](CCCCO)C=C(C(=NOC)C[C@@H]1Sc1ccccc1)[C@H]32. The molecule has 0 aromatic heterocycles. The molecule has 52 heavy (non-hydrogen) atoms. The van der Waals surface area contributed by atoms with Gasteiger partial charge in [0.1, 0.15) is 30.1 Å². The van der Waals surface area contributed by atoms with Crippen LogP contribution in [0.1, 0.15) is 66.8 Å². The normalized spacial score (nSPS) is 25.3. The van der Waals surface area contributed by atoms with E-state index in [0.717, 1.165) is 65.9 Å². The van der Waals surface area contributed by atoms with E-state index in [2.05, 4.69) is 36.0 Å². The van der Waals surface area contributed by atoms with Gasteiger partial charge in [-0.1, -0.05) is 48.3 Å². The van der Waals surface area contributed by atoms with Crippen molar-refractivity contribution in [1.82, 2.24) is 0 Å². The highest BCUT2D eigenvalue weighted by Crippen LogP contribution is 2.63. The summed E-state index contributed by atoms with van der Waals surface area (Å²) in [5.74, 6) is 1.27. The van der Waals surface area contributed by atoms with E-state index in [1.807, 2.05) is 30.3 Å². The minimum Gasteiger partial charge on any atom is -0.496 e. The van der Waals surface area contributed by atoms with Gasteiger partial charge in [0.05, 0.1) is 36.2 Å². The summed E-state index contributed by atoms with van der Waals surface area (Å²) in [5.41, 5.74) is 3.36. The minimum absolute atomic E-state index is 0.0717. The zero-order valence-electron chi connectivity index (χ0n) is 29.9. The maximum Gasteiger partial charge on any atom is 0.231 e. The molecule has 1 aliphatic heterocycles. The van der Waals surface area contributed by atoms with Gasteiger partial charge in [-0.2, -0.15) is 0 Å². The Balaban J connectivity index is 1.53. The van der Waals surface area contributed by atoms with Crippen LogP contribution < -0.4 is 14.2 Å². The monoisotopic (exact) mass is 727 g/mol. The summed E-state index contributed by atoms with van der Waals surface area (Å²) in [4.78, 5) is 18.4. The lowest BCUT2D eigenvalue weighted by Crippen LogP contribution is -2.64. The second-order valence-corrected chi connectivity index (χ2v) is 14.8. The van der Waals surface area contributed by atoms with Gasteiger partial charge in [-0.15, -0.1) is 18.3 Å². The largest absolute Gasteiger partial charge is 0.496 e. The van der Waals surface area contributed by atoms with E-state index in [9.17, 15) is 15.0 Å². The smallest absolute Gasteiger partial charge is 0.231 e. The lowest BCUT2D eigenvalue weighted by atomic mass is 9.56. The van der Waals surface area contributed by atoms with Crippen LogP contribution in [0, 0.1) is 17.8 Å². The van der Waals surface area contributed by atoms with Gasteiger partial charge in [0.2, 0.25) is 5.79 Å². The van der Waals surface area contributed by atoms with Gasteiger partial charge in [-0.05, 0) is 91.6 Å². The van der Waals surface area contributed by atoms with Crippen LogP contribution in [0.25, 0.3) is 0 Å². The van der Waals surface area contributed by atoms with Gasteiger partial charge in [0, 0.05) is 36.0 Å². The van der Waals surface area contributed by atoms with Crippen LogP contribution in [-0.4, -0.2) is 67.3 Å². The Morgan fingerprint density at radius 1 is 0.981 bits per heavy atom. The molecule has 9 nitrogen and oxygen atoms in total. The number of aliphatic hydroxyl groups is 2. The molecule has 3 aromatic carbocycles. The first-order valence-corrected chi connectivity index (χ1v) is 19.0. The number of fused-ring (bicyclic) bond motifs is 2. The maximum absolute atomic E-state index is 11.8. The fraction of sp³-hybridized carbons (Fsp3) is 0.429. The van der Waals surface area contributed by atoms with Crippen molar-refractivity contribution in [2.24, 2.45) is 22.9 Å². The lowest BCUT2D eigenvalue weighted by Gasteiger charge is -2.58. The number of thioether (sulfide) groups is 1.